The summed E-state index contributed by atoms with van der Waals surface area (Å²) >= 11 is 1.24. The second-order valence-electron chi connectivity index (χ2n) is 6.03. The minimum atomic E-state index is -0.314. The van der Waals surface area contributed by atoms with Gasteiger partial charge in [0.05, 0.1) is 12.3 Å². The highest BCUT2D eigenvalue weighted by molar-refractivity contribution is 7.99. The SMILES string of the molecule is Cn1c(SCC(=O)NCC(=O)N2CCCC2)nnc1-c1ccc(F)cc1. The minimum Gasteiger partial charge on any atom is -0.346 e. The van der Waals surface area contributed by atoms with Crippen molar-refractivity contribution >= 4 is 23.6 Å². The van der Waals surface area contributed by atoms with E-state index in [9.17, 15) is 14.0 Å². The van der Waals surface area contributed by atoms with Gasteiger partial charge >= 0.3 is 0 Å². The zero-order valence-electron chi connectivity index (χ0n) is 14.4. The van der Waals surface area contributed by atoms with E-state index in [4.69, 9.17) is 0 Å². The summed E-state index contributed by atoms with van der Waals surface area (Å²) < 4.78 is 14.8. The second-order valence-corrected chi connectivity index (χ2v) is 6.97. The molecule has 0 bridgehead atoms. The number of halogens is 1. The van der Waals surface area contributed by atoms with Gasteiger partial charge in [0, 0.05) is 25.7 Å². The summed E-state index contributed by atoms with van der Waals surface area (Å²) in [7, 11) is 1.79. The highest BCUT2D eigenvalue weighted by atomic mass is 32.2. The lowest BCUT2D eigenvalue weighted by atomic mass is 10.2. The summed E-state index contributed by atoms with van der Waals surface area (Å²) in [6, 6.07) is 5.98. The minimum absolute atomic E-state index is 0.0268. The predicted octanol–water partition coefficient (Wildman–Crippen LogP) is 1.45. The lowest BCUT2D eigenvalue weighted by molar-refractivity contribution is -0.131. The third-order valence-corrected chi connectivity index (χ3v) is 5.19. The highest BCUT2D eigenvalue weighted by Gasteiger charge is 2.18. The number of carbonyl (C=O) groups is 2. The molecule has 2 heterocycles. The van der Waals surface area contributed by atoms with Gasteiger partial charge in [-0.1, -0.05) is 11.8 Å². The van der Waals surface area contributed by atoms with Gasteiger partial charge in [0.15, 0.2) is 11.0 Å². The van der Waals surface area contributed by atoms with Gasteiger partial charge in [0.25, 0.3) is 0 Å². The van der Waals surface area contributed by atoms with E-state index < -0.39 is 0 Å². The van der Waals surface area contributed by atoms with Gasteiger partial charge in [-0.05, 0) is 37.1 Å². The number of nitrogens with zero attached hydrogens (tertiary/aromatic N) is 4. The maximum atomic E-state index is 13.0. The molecule has 1 aromatic heterocycles. The third-order valence-electron chi connectivity index (χ3n) is 4.17. The molecule has 7 nitrogen and oxygen atoms in total. The molecule has 2 amide bonds. The number of hydrogen-bond donors (Lipinski definition) is 1. The number of aromatic nitrogens is 3. The largest absolute Gasteiger partial charge is 0.346 e. The van der Waals surface area contributed by atoms with E-state index in [2.05, 4.69) is 15.5 Å². The van der Waals surface area contributed by atoms with E-state index in [0.29, 0.717) is 11.0 Å². The van der Waals surface area contributed by atoms with Crippen LogP contribution in [-0.4, -0.2) is 56.9 Å². The number of carbonyl (C=O) groups excluding carboxylic acids is 2. The Hall–Kier alpha value is -2.42. The Kier molecular flexibility index (Phi) is 5.87. The van der Waals surface area contributed by atoms with Crippen molar-refractivity contribution in [3.63, 3.8) is 0 Å². The fraction of sp³-hybridized carbons (Fsp3) is 0.412. The van der Waals surface area contributed by atoms with Crippen LogP contribution in [0.3, 0.4) is 0 Å². The van der Waals surface area contributed by atoms with Gasteiger partial charge in [0.2, 0.25) is 11.8 Å². The van der Waals surface area contributed by atoms with Crippen LogP contribution in [0, 0.1) is 5.82 Å². The number of benzene rings is 1. The first-order chi connectivity index (χ1) is 12.5. The molecule has 0 spiro atoms. The lowest BCUT2D eigenvalue weighted by Gasteiger charge is -2.15. The number of rotatable bonds is 6. The zero-order chi connectivity index (χ0) is 18.5. The smallest absolute Gasteiger partial charge is 0.241 e. The quantitative estimate of drug-likeness (QED) is 0.771. The van der Waals surface area contributed by atoms with Gasteiger partial charge in [-0.25, -0.2) is 4.39 Å². The van der Waals surface area contributed by atoms with Crippen molar-refractivity contribution in [1.29, 1.82) is 0 Å². The van der Waals surface area contributed by atoms with Gasteiger partial charge < -0.3 is 14.8 Å². The van der Waals surface area contributed by atoms with Crippen LogP contribution in [0.1, 0.15) is 12.8 Å². The molecule has 0 radical (unpaired) electrons. The molecule has 9 heteroatoms. The summed E-state index contributed by atoms with van der Waals surface area (Å²) in [6.45, 7) is 1.57. The summed E-state index contributed by atoms with van der Waals surface area (Å²) in [5, 5.41) is 11.4. The summed E-state index contributed by atoms with van der Waals surface area (Å²) in [6.07, 6.45) is 2.05. The summed E-state index contributed by atoms with van der Waals surface area (Å²) in [5.74, 6) is 0.151. The fourth-order valence-electron chi connectivity index (χ4n) is 2.72. The molecule has 1 saturated heterocycles. The maximum Gasteiger partial charge on any atom is 0.241 e. The van der Waals surface area contributed by atoms with Crippen molar-refractivity contribution in [2.75, 3.05) is 25.4 Å². The van der Waals surface area contributed by atoms with Crippen molar-refractivity contribution in [2.45, 2.75) is 18.0 Å². The fourth-order valence-corrected chi connectivity index (χ4v) is 3.47. The zero-order valence-corrected chi connectivity index (χ0v) is 15.3. The first kappa shape index (κ1) is 18.4. The molecule has 1 aliphatic heterocycles. The molecular formula is C17H20FN5O2S. The van der Waals surface area contributed by atoms with Crippen LogP contribution < -0.4 is 5.32 Å². The van der Waals surface area contributed by atoms with E-state index in [0.717, 1.165) is 31.5 Å². The van der Waals surface area contributed by atoms with Crippen molar-refractivity contribution in [3.8, 4) is 11.4 Å². The normalized spacial score (nSPS) is 13.8. The first-order valence-corrected chi connectivity index (χ1v) is 9.36. The maximum absolute atomic E-state index is 13.0. The topological polar surface area (TPSA) is 80.1 Å². The van der Waals surface area contributed by atoms with Crippen molar-refractivity contribution in [3.05, 3.63) is 30.1 Å². The number of likely N-dealkylation sites (tertiary alicyclic amines) is 1. The van der Waals surface area contributed by atoms with Crippen LogP contribution in [0.15, 0.2) is 29.4 Å². The Morgan fingerprint density at radius 3 is 2.58 bits per heavy atom. The number of amides is 2. The lowest BCUT2D eigenvalue weighted by Crippen LogP contribution is -2.39. The van der Waals surface area contributed by atoms with Crippen LogP contribution >= 0.6 is 11.8 Å². The third kappa shape index (κ3) is 4.40. The van der Waals surface area contributed by atoms with Crippen LogP contribution in [0.2, 0.25) is 0 Å². The Morgan fingerprint density at radius 2 is 1.88 bits per heavy atom. The first-order valence-electron chi connectivity index (χ1n) is 8.37. The van der Waals surface area contributed by atoms with Gasteiger partial charge in [-0.2, -0.15) is 0 Å². The summed E-state index contributed by atoms with van der Waals surface area (Å²) in [4.78, 5) is 25.6. The van der Waals surface area contributed by atoms with Crippen LogP contribution in [-0.2, 0) is 16.6 Å². The molecule has 1 aromatic carbocycles. The van der Waals surface area contributed by atoms with Crippen molar-refractivity contribution < 1.29 is 14.0 Å². The van der Waals surface area contributed by atoms with E-state index >= 15 is 0 Å². The second kappa shape index (κ2) is 8.31. The standard InChI is InChI=1S/C17H20FN5O2S/c1-22-16(12-4-6-13(18)7-5-12)20-21-17(22)26-11-14(24)19-10-15(25)23-8-2-3-9-23/h4-7H,2-3,8-11H2,1H3,(H,19,24). The molecule has 3 rings (SSSR count). The van der Waals surface area contributed by atoms with E-state index in [1.54, 1.807) is 28.6 Å². The van der Waals surface area contributed by atoms with Gasteiger partial charge in [-0.15, -0.1) is 10.2 Å². The predicted molar refractivity (Wildman–Crippen MR) is 95.9 cm³/mol. The average Bonchev–Trinajstić information content (AvgIpc) is 3.29. The Labute approximate surface area is 155 Å². The van der Waals surface area contributed by atoms with Crippen molar-refractivity contribution in [1.82, 2.24) is 25.0 Å². The molecule has 1 aliphatic rings. The molecule has 138 valence electrons. The molecule has 1 N–H and O–H groups in total. The average molecular weight is 377 g/mol. The summed E-state index contributed by atoms with van der Waals surface area (Å²) in [5.41, 5.74) is 0.744. The molecule has 0 saturated carbocycles. The molecule has 2 aromatic rings. The van der Waals surface area contributed by atoms with E-state index in [1.165, 1.54) is 23.9 Å². The molecule has 1 fully saturated rings. The van der Waals surface area contributed by atoms with Crippen molar-refractivity contribution in [2.24, 2.45) is 7.05 Å². The van der Waals surface area contributed by atoms with Crippen LogP contribution in [0.4, 0.5) is 4.39 Å². The van der Waals surface area contributed by atoms with Crippen LogP contribution in [0.5, 0.6) is 0 Å². The molecule has 0 aliphatic carbocycles. The number of nitrogens with one attached hydrogen (secondary N) is 1. The monoisotopic (exact) mass is 377 g/mol. The molecular weight excluding hydrogens is 357 g/mol. The molecule has 0 atom stereocenters. The van der Waals surface area contributed by atoms with E-state index in [1.807, 2.05) is 0 Å². The Balaban J connectivity index is 1.50. The molecule has 26 heavy (non-hydrogen) atoms. The number of thioether (sulfide) groups is 1. The van der Waals surface area contributed by atoms with Gasteiger partial charge in [0.1, 0.15) is 5.82 Å². The van der Waals surface area contributed by atoms with Crippen LogP contribution in [0.25, 0.3) is 11.4 Å². The van der Waals surface area contributed by atoms with Gasteiger partial charge in [-0.3, -0.25) is 9.59 Å². The van der Waals surface area contributed by atoms with E-state index in [-0.39, 0.29) is 29.9 Å². The highest BCUT2D eigenvalue weighted by Crippen LogP contribution is 2.22. The molecule has 0 unspecified atom stereocenters. The Morgan fingerprint density at radius 1 is 1.19 bits per heavy atom. The Bertz CT molecular complexity index is 787. The number of hydrogen-bond acceptors (Lipinski definition) is 5.